The third kappa shape index (κ3) is 4.55. The van der Waals surface area contributed by atoms with Crippen LogP contribution in [-0.2, 0) is 4.57 Å². The summed E-state index contributed by atoms with van der Waals surface area (Å²) in [6.07, 6.45) is 0. The summed E-state index contributed by atoms with van der Waals surface area (Å²) >= 11 is 0. The van der Waals surface area contributed by atoms with E-state index < -0.39 is 7.14 Å². The van der Waals surface area contributed by atoms with Gasteiger partial charge in [-0.3, -0.25) is 0 Å². The van der Waals surface area contributed by atoms with Crippen molar-refractivity contribution in [3.63, 3.8) is 0 Å². The molecule has 7 rings (SSSR count). The first kappa shape index (κ1) is 27.9. The Hall–Kier alpha value is -4.91. The van der Waals surface area contributed by atoms with Crippen LogP contribution in [0.2, 0.25) is 0 Å². The van der Waals surface area contributed by atoms with Gasteiger partial charge >= 0.3 is 0 Å². The topological polar surface area (TPSA) is 26.3 Å². The van der Waals surface area contributed by atoms with Gasteiger partial charge in [-0.1, -0.05) is 127 Å². The highest BCUT2D eigenvalue weighted by Crippen LogP contribution is 2.50. The molecule has 2 nitrogen and oxygen atoms in total. The summed E-state index contributed by atoms with van der Waals surface area (Å²) in [5, 5.41) is 6.94. The molecule has 0 aromatic heterocycles. The van der Waals surface area contributed by atoms with Crippen molar-refractivity contribution >= 4 is 44.6 Å². The first-order valence-corrected chi connectivity index (χ1v) is 16.6. The fourth-order valence-electron chi connectivity index (χ4n) is 6.70. The minimum absolute atomic E-state index is 0.820. The highest BCUT2D eigenvalue weighted by Gasteiger charge is 2.34. The highest BCUT2D eigenvalue weighted by molar-refractivity contribution is 7.85. The van der Waals surface area contributed by atoms with Crippen LogP contribution in [0.3, 0.4) is 0 Å². The smallest absolute Gasteiger partial charge is 0.171 e. The van der Waals surface area contributed by atoms with Crippen molar-refractivity contribution in [2.75, 3.05) is 7.11 Å². The van der Waals surface area contributed by atoms with Crippen LogP contribution in [0.15, 0.2) is 146 Å². The third-order valence-corrected chi connectivity index (χ3v) is 11.7. The molecule has 0 saturated heterocycles. The van der Waals surface area contributed by atoms with E-state index in [-0.39, 0.29) is 0 Å². The van der Waals surface area contributed by atoms with Crippen LogP contribution in [0.25, 0.3) is 43.8 Å². The molecule has 0 aliphatic carbocycles. The predicted molar refractivity (Wildman–Crippen MR) is 188 cm³/mol. The van der Waals surface area contributed by atoms with Gasteiger partial charge in [-0.25, -0.2) is 0 Å². The minimum atomic E-state index is -3.33. The molecule has 0 bridgehead atoms. The first-order chi connectivity index (χ1) is 21.5. The summed E-state index contributed by atoms with van der Waals surface area (Å²) < 4.78 is 21.7. The second kappa shape index (κ2) is 11.3. The second-order valence-corrected chi connectivity index (χ2v) is 14.0. The SMILES string of the molecule is COc1c(C)cc(-c2ccc3ccccc3c2-c2c(P(=O)(c3ccccc3)c3ccccc3)ccc3ccccc23)cc1C. The molecule has 0 radical (unpaired) electrons. The quantitative estimate of drug-likeness (QED) is 0.181. The van der Waals surface area contributed by atoms with Crippen molar-refractivity contribution in [3.8, 4) is 28.0 Å². The molecule has 0 aliphatic rings. The van der Waals surface area contributed by atoms with E-state index in [0.29, 0.717) is 0 Å². The van der Waals surface area contributed by atoms with E-state index in [0.717, 1.165) is 76.6 Å². The fourth-order valence-corrected chi connectivity index (χ4v) is 9.57. The molecule has 7 aromatic rings. The molecule has 0 aliphatic heterocycles. The summed E-state index contributed by atoms with van der Waals surface area (Å²) in [4.78, 5) is 0. The number of rotatable bonds is 6. The highest BCUT2D eigenvalue weighted by atomic mass is 31.2. The normalized spacial score (nSPS) is 11.6. The summed E-state index contributed by atoms with van der Waals surface area (Å²) in [5.41, 5.74) is 6.47. The molecule has 7 aromatic carbocycles. The average molecular weight is 589 g/mol. The van der Waals surface area contributed by atoms with Gasteiger partial charge in [0.05, 0.1) is 7.11 Å². The summed E-state index contributed by atoms with van der Waals surface area (Å²) in [6.45, 7) is 4.19. The Labute approximate surface area is 259 Å². The van der Waals surface area contributed by atoms with E-state index in [1.54, 1.807) is 7.11 Å². The van der Waals surface area contributed by atoms with Crippen LogP contribution in [0.4, 0.5) is 0 Å². The van der Waals surface area contributed by atoms with E-state index in [9.17, 15) is 0 Å². The summed E-state index contributed by atoms with van der Waals surface area (Å²) in [7, 11) is -1.60. The van der Waals surface area contributed by atoms with E-state index in [1.807, 2.05) is 60.7 Å². The van der Waals surface area contributed by atoms with Gasteiger partial charge in [-0.2, -0.15) is 0 Å². The Kier molecular flexibility index (Phi) is 7.17. The van der Waals surface area contributed by atoms with Gasteiger partial charge in [-0.05, 0) is 81.4 Å². The lowest BCUT2D eigenvalue weighted by Crippen LogP contribution is -2.26. The largest absolute Gasteiger partial charge is 0.496 e. The molecule has 0 heterocycles. The standard InChI is InChI=1S/C41H33O2P/c1-28-26-32(27-29(2)41(28)43-3)37-24-22-30-14-10-12-20-35(30)39(37)40-36-21-13-11-15-31(36)23-25-38(40)44(42,33-16-6-4-7-17-33)34-18-8-5-9-19-34/h4-27H,1-3H3. The van der Waals surface area contributed by atoms with Gasteiger partial charge in [0.15, 0.2) is 7.14 Å². The number of hydrogen-bond donors (Lipinski definition) is 0. The maximum Gasteiger partial charge on any atom is 0.171 e. The van der Waals surface area contributed by atoms with Crippen molar-refractivity contribution in [1.82, 2.24) is 0 Å². The van der Waals surface area contributed by atoms with Crippen LogP contribution >= 0.6 is 7.14 Å². The molecule has 214 valence electrons. The van der Waals surface area contributed by atoms with Gasteiger partial charge in [0.2, 0.25) is 0 Å². The van der Waals surface area contributed by atoms with Crippen LogP contribution in [0.1, 0.15) is 11.1 Å². The molecule has 44 heavy (non-hydrogen) atoms. The molecule has 0 saturated carbocycles. The molecule has 0 N–H and O–H groups in total. The van der Waals surface area contributed by atoms with E-state index in [2.05, 4.69) is 98.8 Å². The fraction of sp³-hybridized carbons (Fsp3) is 0.0732. The Morgan fingerprint density at radius 1 is 0.523 bits per heavy atom. The number of methoxy groups -OCH3 is 1. The number of ether oxygens (including phenoxy) is 1. The zero-order valence-corrected chi connectivity index (χ0v) is 26.0. The molecular formula is C41H33O2P. The molecule has 0 unspecified atom stereocenters. The number of aryl methyl sites for hydroxylation is 2. The predicted octanol–water partition coefficient (Wildman–Crippen LogP) is 9.59. The van der Waals surface area contributed by atoms with Gasteiger partial charge in [-0.15, -0.1) is 0 Å². The maximum absolute atomic E-state index is 16.0. The summed E-state index contributed by atoms with van der Waals surface area (Å²) in [6, 6.07) is 50.0. The van der Waals surface area contributed by atoms with Crippen LogP contribution in [0.5, 0.6) is 5.75 Å². The van der Waals surface area contributed by atoms with Crippen LogP contribution in [-0.4, -0.2) is 7.11 Å². The third-order valence-electron chi connectivity index (χ3n) is 8.64. The first-order valence-electron chi connectivity index (χ1n) is 14.9. The molecule has 0 amide bonds. The Morgan fingerprint density at radius 3 is 1.55 bits per heavy atom. The van der Waals surface area contributed by atoms with Crippen molar-refractivity contribution in [1.29, 1.82) is 0 Å². The van der Waals surface area contributed by atoms with Gasteiger partial charge in [0.1, 0.15) is 5.75 Å². The van der Waals surface area contributed by atoms with Crippen molar-refractivity contribution < 1.29 is 9.30 Å². The Balaban J connectivity index is 1.68. The second-order valence-electron chi connectivity index (χ2n) is 11.3. The average Bonchev–Trinajstić information content (AvgIpc) is 3.07. The van der Waals surface area contributed by atoms with Crippen LogP contribution < -0.4 is 20.7 Å². The minimum Gasteiger partial charge on any atom is -0.496 e. The lowest BCUT2D eigenvalue weighted by Gasteiger charge is -2.26. The Bertz CT molecular complexity index is 2130. The maximum atomic E-state index is 16.0. The van der Waals surface area contributed by atoms with Gasteiger partial charge in [0.25, 0.3) is 0 Å². The van der Waals surface area contributed by atoms with E-state index >= 15 is 4.57 Å². The summed E-state index contributed by atoms with van der Waals surface area (Å²) in [5.74, 6) is 0.902. The van der Waals surface area contributed by atoms with Gasteiger partial charge in [0, 0.05) is 21.5 Å². The number of hydrogen-bond acceptors (Lipinski definition) is 2. The van der Waals surface area contributed by atoms with E-state index in [4.69, 9.17) is 4.74 Å². The number of benzene rings is 7. The molecule has 3 heteroatoms. The Morgan fingerprint density at radius 2 is 1.00 bits per heavy atom. The molecule has 0 fully saturated rings. The molecular weight excluding hydrogens is 555 g/mol. The zero-order chi connectivity index (χ0) is 30.3. The number of fused-ring (bicyclic) bond motifs is 2. The molecule has 0 spiro atoms. The molecule has 0 atom stereocenters. The monoisotopic (exact) mass is 588 g/mol. The van der Waals surface area contributed by atoms with Crippen LogP contribution in [0, 0.1) is 13.8 Å². The van der Waals surface area contributed by atoms with Crippen molar-refractivity contribution in [3.05, 3.63) is 157 Å². The van der Waals surface area contributed by atoms with Crippen molar-refractivity contribution in [2.24, 2.45) is 0 Å². The van der Waals surface area contributed by atoms with Gasteiger partial charge < -0.3 is 9.30 Å². The van der Waals surface area contributed by atoms with E-state index in [1.165, 1.54) is 0 Å². The lowest BCUT2D eigenvalue weighted by molar-refractivity contribution is 0.408. The lowest BCUT2D eigenvalue weighted by atomic mass is 9.86. The van der Waals surface area contributed by atoms with Crippen molar-refractivity contribution in [2.45, 2.75) is 13.8 Å². The zero-order valence-electron chi connectivity index (χ0n) is 25.1.